The summed E-state index contributed by atoms with van der Waals surface area (Å²) in [6.45, 7) is 4.81. The Kier molecular flexibility index (Phi) is 3.73. The highest BCUT2D eigenvalue weighted by atomic mass is 79.9. The van der Waals surface area contributed by atoms with E-state index in [1.54, 1.807) is 12.5 Å². The van der Waals surface area contributed by atoms with Crippen molar-refractivity contribution in [2.75, 3.05) is 5.32 Å². The van der Waals surface area contributed by atoms with Crippen LogP contribution in [0.4, 0.5) is 5.82 Å². The molecule has 0 aliphatic heterocycles. The van der Waals surface area contributed by atoms with E-state index < -0.39 is 0 Å². The van der Waals surface area contributed by atoms with Crippen LogP contribution in [0.1, 0.15) is 31.3 Å². The highest BCUT2D eigenvalue weighted by Gasteiger charge is 2.06. The fourth-order valence-corrected chi connectivity index (χ4v) is 1.75. The maximum Gasteiger partial charge on any atom is 0.134 e. The number of hydrogen-bond acceptors (Lipinski definition) is 4. The number of H-pyrrole nitrogens is 1. The standard InChI is InChI=1S/C11H14BrN5/c1-7(2)11-16-9(12)3-10(17-11)14-5-8-4-13-6-15-8/h3-4,6-7H,5H2,1-2H3,(H,13,15)(H,14,16,17). The van der Waals surface area contributed by atoms with E-state index >= 15 is 0 Å². The molecule has 0 amide bonds. The number of aromatic nitrogens is 4. The lowest BCUT2D eigenvalue weighted by Gasteiger charge is -2.08. The Morgan fingerprint density at radius 3 is 2.88 bits per heavy atom. The molecule has 0 aliphatic rings. The molecule has 2 rings (SSSR count). The van der Waals surface area contributed by atoms with Crippen LogP contribution in [0.15, 0.2) is 23.2 Å². The Labute approximate surface area is 108 Å². The van der Waals surface area contributed by atoms with E-state index in [0.29, 0.717) is 12.5 Å². The Balaban J connectivity index is 2.10. The van der Waals surface area contributed by atoms with Gasteiger partial charge in [0.2, 0.25) is 0 Å². The summed E-state index contributed by atoms with van der Waals surface area (Å²) in [7, 11) is 0. The van der Waals surface area contributed by atoms with Crippen molar-refractivity contribution in [3.63, 3.8) is 0 Å². The third kappa shape index (κ3) is 3.26. The van der Waals surface area contributed by atoms with Gasteiger partial charge in [-0.25, -0.2) is 15.0 Å². The number of halogens is 1. The summed E-state index contributed by atoms with van der Waals surface area (Å²) in [5.41, 5.74) is 1.02. The Hall–Kier alpha value is -1.43. The molecule has 0 fully saturated rings. The number of anilines is 1. The van der Waals surface area contributed by atoms with Gasteiger partial charge >= 0.3 is 0 Å². The number of aromatic amines is 1. The maximum atomic E-state index is 4.45. The third-order valence-corrected chi connectivity index (χ3v) is 2.65. The molecule has 0 atom stereocenters. The molecule has 0 aromatic carbocycles. The molecule has 2 aromatic heterocycles. The number of nitrogens with one attached hydrogen (secondary N) is 2. The van der Waals surface area contributed by atoms with E-state index in [1.165, 1.54) is 0 Å². The Morgan fingerprint density at radius 1 is 1.41 bits per heavy atom. The van der Waals surface area contributed by atoms with E-state index in [9.17, 15) is 0 Å². The molecule has 0 spiro atoms. The molecular weight excluding hydrogens is 282 g/mol. The van der Waals surface area contributed by atoms with Crippen LogP contribution >= 0.6 is 15.9 Å². The maximum absolute atomic E-state index is 4.45. The molecule has 2 heterocycles. The average Bonchev–Trinajstić information content (AvgIpc) is 2.78. The van der Waals surface area contributed by atoms with Crippen LogP contribution in [0.3, 0.4) is 0 Å². The zero-order valence-corrected chi connectivity index (χ0v) is 11.3. The Bertz CT molecular complexity index is 481. The van der Waals surface area contributed by atoms with Crippen molar-refractivity contribution < 1.29 is 0 Å². The van der Waals surface area contributed by atoms with E-state index in [1.807, 2.05) is 6.07 Å². The van der Waals surface area contributed by atoms with Gasteiger partial charge in [-0.3, -0.25) is 0 Å². The highest BCUT2D eigenvalue weighted by Crippen LogP contribution is 2.17. The predicted molar refractivity (Wildman–Crippen MR) is 69.7 cm³/mol. The molecule has 2 N–H and O–H groups in total. The van der Waals surface area contributed by atoms with Crippen LogP contribution < -0.4 is 5.32 Å². The SMILES string of the molecule is CC(C)c1nc(Br)cc(NCc2cnc[nH]2)n1. The number of hydrogen-bond donors (Lipinski definition) is 2. The van der Waals surface area contributed by atoms with Crippen LogP contribution in [0, 0.1) is 0 Å². The molecule has 0 saturated carbocycles. The lowest BCUT2D eigenvalue weighted by atomic mass is 10.2. The molecule has 6 heteroatoms. The summed E-state index contributed by atoms with van der Waals surface area (Å²) in [5.74, 6) is 1.94. The molecule has 0 aliphatic carbocycles. The summed E-state index contributed by atoms with van der Waals surface area (Å²) in [4.78, 5) is 15.8. The van der Waals surface area contributed by atoms with Crippen molar-refractivity contribution in [2.45, 2.75) is 26.3 Å². The molecular formula is C11H14BrN5. The van der Waals surface area contributed by atoms with Crippen molar-refractivity contribution in [3.8, 4) is 0 Å². The van der Waals surface area contributed by atoms with Gasteiger partial charge in [0.05, 0.1) is 18.6 Å². The molecule has 5 nitrogen and oxygen atoms in total. The summed E-state index contributed by atoms with van der Waals surface area (Å²) >= 11 is 3.39. The predicted octanol–water partition coefficient (Wildman–Crippen LogP) is 2.70. The number of nitrogens with zero attached hydrogens (tertiary/aromatic N) is 3. The summed E-state index contributed by atoms with van der Waals surface area (Å²) in [6, 6.07) is 1.86. The molecule has 90 valence electrons. The minimum absolute atomic E-state index is 0.306. The zero-order chi connectivity index (χ0) is 12.3. The van der Waals surface area contributed by atoms with Crippen molar-refractivity contribution in [2.24, 2.45) is 0 Å². The van der Waals surface area contributed by atoms with Gasteiger partial charge in [0.15, 0.2) is 0 Å². The van der Waals surface area contributed by atoms with Crippen LogP contribution in [0.5, 0.6) is 0 Å². The average molecular weight is 296 g/mol. The van der Waals surface area contributed by atoms with Crippen LogP contribution in [0.25, 0.3) is 0 Å². The molecule has 0 radical (unpaired) electrons. The number of imidazole rings is 1. The van der Waals surface area contributed by atoms with Gasteiger partial charge in [0.25, 0.3) is 0 Å². The van der Waals surface area contributed by atoms with Crippen LogP contribution in [-0.2, 0) is 6.54 Å². The van der Waals surface area contributed by atoms with Crippen LogP contribution in [-0.4, -0.2) is 19.9 Å². The molecule has 2 aromatic rings. The lowest BCUT2D eigenvalue weighted by molar-refractivity contribution is 0.769. The largest absolute Gasteiger partial charge is 0.364 e. The van der Waals surface area contributed by atoms with Gasteiger partial charge < -0.3 is 10.3 Å². The first-order valence-electron chi connectivity index (χ1n) is 5.40. The zero-order valence-electron chi connectivity index (χ0n) is 9.74. The van der Waals surface area contributed by atoms with Gasteiger partial charge in [-0.15, -0.1) is 0 Å². The quantitative estimate of drug-likeness (QED) is 0.851. The van der Waals surface area contributed by atoms with Crippen molar-refractivity contribution in [3.05, 3.63) is 34.7 Å². The highest BCUT2D eigenvalue weighted by molar-refractivity contribution is 9.10. The minimum atomic E-state index is 0.306. The normalized spacial score (nSPS) is 10.8. The Morgan fingerprint density at radius 2 is 2.24 bits per heavy atom. The second-order valence-electron chi connectivity index (χ2n) is 4.02. The van der Waals surface area contributed by atoms with Gasteiger partial charge in [0, 0.05) is 18.2 Å². The van der Waals surface area contributed by atoms with Gasteiger partial charge in [-0.1, -0.05) is 13.8 Å². The second-order valence-corrected chi connectivity index (χ2v) is 4.83. The smallest absolute Gasteiger partial charge is 0.134 e. The van der Waals surface area contributed by atoms with E-state index in [4.69, 9.17) is 0 Å². The topological polar surface area (TPSA) is 66.5 Å². The second kappa shape index (κ2) is 5.27. The van der Waals surface area contributed by atoms with Crippen molar-refractivity contribution in [1.29, 1.82) is 0 Å². The molecule has 0 saturated heterocycles. The first-order valence-corrected chi connectivity index (χ1v) is 6.20. The summed E-state index contributed by atoms with van der Waals surface area (Å²) in [5, 5.41) is 3.23. The van der Waals surface area contributed by atoms with Crippen molar-refractivity contribution >= 4 is 21.7 Å². The van der Waals surface area contributed by atoms with E-state index in [2.05, 4.69) is 55.0 Å². The first kappa shape index (κ1) is 12.0. The monoisotopic (exact) mass is 295 g/mol. The molecule has 0 unspecified atom stereocenters. The van der Waals surface area contributed by atoms with Crippen LogP contribution in [0.2, 0.25) is 0 Å². The molecule has 17 heavy (non-hydrogen) atoms. The summed E-state index contributed by atoms with van der Waals surface area (Å²) in [6.07, 6.45) is 3.44. The lowest BCUT2D eigenvalue weighted by Crippen LogP contribution is -2.05. The fourth-order valence-electron chi connectivity index (χ4n) is 1.35. The fraction of sp³-hybridized carbons (Fsp3) is 0.364. The number of rotatable bonds is 4. The van der Waals surface area contributed by atoms with Gasteiger partial charge in [-0.2, -0.15) is 0 Å². The summed E-state index contributed by atoms with van der Waals surface area (Å²) < 4.78 is 0.795. The van der Waals surface area contributed by atoms with E-state index in [-0.39, 0.29) is 0 Å². The van der Waals surface area contributed by atoms with E-state index in [0.717, 1.165) is 21.9 Å². The third-order valence-electron chi connectivity index (χ3n) is 2.24. The van der Waals surface area contributed by atoms with Gasteiger partial charge in [0.1, 0.15) is 16.2 Å². The van der Waals surface area contributed by atoms with Crippen molar-refractivity contribution in [1.82, 2.24) is 19.9 Å². The minimum Gasteiger partial charge on any atom is -0.364 e. The van der Waals surface area contributed by atoms with Gasteiger partial charge in [-0.05, 0) is 15.9 Å². The first-order chi connectivity index (χ1) is 8.15. The molecule has 0 bridgehead atoms.